The molecule has 2 atom stereocenters. The minimum absolute atomic E-state index is 0.317. The maximum absolute atomic E-state index is 6.23. The SMILES string of the molecule is CCNC1c2ccccc2CCCC1OCCC(C)C. The van der Waals surface area contributed by atoms with E-state index in [0.717, 1.165) is 26.0 Å². The van der Waals surface area contributed by atoms with E-state index in [1.165, 1.54) is 24.0 Å². The van der Waals surface area contributed by atoms with E-state index < -0.39 is 0 Å². The van der Waals surface area contributed by atoms with E-state index in [1.54, 1.807) is 0 Å². The molecule has 0 radical (unpaired) electrons. The lowest BCUT2D eigenvalue weighted by atomic mass is 9.97. The Morgan fingerprint density at radius 3 is 2.85 bits per heavy atom. The standard InChI is InChI=1S/C18H29NO/c1-4-19-18-16-10-6-5-8-15(16)9-7-11-17(18)20-13-12-14(2)3/h5-6,8,10,14,17-19H,4,7,9,11-13H2,1-3H3. The van der Waals surface area contributed by atoms with Crippen molar-refractivity contribution in [1.82, 2.24) is 5.32 Å². The van der Waals surface area contributed by atoms with Gasteiger partial charge in [0.2, 0.25) is 0 Å². The zero-order valence-electron chi connectivity index (χ0n) is 13.2. The van der Waals surface area contributed by atoms with Gasteiger partial charge >= 0.3 is 0 Å². The Morgan fingerprint density at radius 1 is 1.30 bits per heavy atom. The first-order valence-corrected chi connectivity index (χ1v) is 8.15. The van der Waals surface area contributed by atoms with Crippen molar-refractivity contribution < 1.29 is 4.74 Å². The van der Waals surface area contributed by atoms with Gasteiger partial charge in [-0.3, -0.25) is 0 Å². The van der Waals surface area contributed by atoms with Gasteiger partial charge < -0.3 is 10.1 Å². The highest BCUT2D eigenvalue weighted by Crippen LogP contribution is 2.31. The van der Waals surface area contributed by atoms with Crippen molar-refractivity contribution in [2.75, 3.05) is 13.2 Å². The number of benzene rings is 1. The van der Waals surface area contributed by atoms with E-state index in [0.29, 0.717) is 18.1 Å². The third-order valence-electron chi connectivity index (χ3n) is 4.15. The second-order valence-electron chi connectivity index (χ2n) is 6.22. The fourth-order valence-corrected chi connectivity index (χ4v) is 3.02. The first kappa shape index (κ1) is 15.5. The topological polar surface area (TPSA) is 21.3 Å². The van der Waals surface area contributed by atoms with Crippen molar-refractivity contribution in [3.05, 3.63) is 35.4 Å². The first-order valence-electron chi connectivity index (χ1n) is 8.15. The molecule has 1 N–H and O–H groups in total. The molecule has 0 amide bonds. The van der Waals surface area contributed by atoms with Crippen molar-refractivity contribution in [2.45, 2.75) is 58.6 Å². The van der Waals surface area contributed by atoms with Gasteiger partial charge in [-0.2, -0.15) is 0 Å². The number of hydrogen-bond donors (Lipinski definition) is 1. The number of fused-ring (bicyclic) bond motifs is 1. The molecule has 0 aliphatic heterocycles. The van der Waals surface area contributed by atoms with Crippen molar-refractivity contribution in [3.8, 4) is 0 Å². The Bertz CT molecular complexity index is 402. The van der Waals surface area contributed by atoms with Crippen LogP contribution in [0.15, 0.2) is 24.3 Å². The summed E-state index contributed by atoms with van der Waals surface area (Å²) in [4.78, 5) is 0. The zero-order valence-corrected chi connectivity index (χ0v) is 13.2. The van der Waals surface area contributed by atoms with Crippen molar-refractivity contribution in [2.24, 2.45) is 5.92 Å². The Labute approximate surface area is 123 Å². The molecule has 0 saturated heterocycles. The van der Waals surface area contributed by atoms with Gasteiger partial charge in [-0.15, -0.1) is 0 Å². The Kier molecular flexibility index (Phi) is 6.06. The normalized spacial score (nSPS) is 22.6. The van der Waals surface area contributed by atoms with Gasteiger partial charge in [0.15, 0.2) is 0 Å². The molecule has 1 aliphatic carbocycles. The van der Waals surface area contributed by atoms with Crippen LogP contribution in [-0.2, 0) is 11.2 Å². The van der Waals surface area contributed by atoms with Crippen molar-refractivity contribution in [3.63, 3.8) is 0 Å². The molecular formula is C18H29NO. The summed E-state index contributed by atoms with van der Waals surface area (Å²) in [5.74, 6) is 0.714. The van der Waals surface area contributed by atoms with Crippen LogP contribution in [0.5, 0.6) is 0 Å². The number of hydrogen-bond acceptors (Lipinski definition) is 2. The third-order valence-corrected chi connectivity index (χ3v) is 4.15. The smallest absolute Gasteiger partial charge is 0.0769 e. The quantitative estimate of drug-likeness (QED) is 0.789. The predicted octanol–water partition coefficient (Wildman–Crippen LogP) is 4.10. The summed E-state index contributed by atoms with van der Waals surface area (Å²) in [5.41, 5.74) is 2.94. The molecule has 0 fully saturated rings. The number of rotatable bonds is 6. The van der Waals surface area contributed by atoms with Crippen molar-refractivity contribution in [1.29, 1.82) is 0 Å². The minimum atomic E-state index is 0.317. The van der Waals surface area contributed by atoms with Crippen LogP contribution in [0.25, 0.3) is 0 Å². The molecule has 0 aromatic heterocycles. The molecule has 1 aromatic rings. The van der Waals surface area contributed by atoms with Crippen LogP contribution in [0.1, 0.15) is 57.2 Å². The van der Waals surface area contributed by atoms with E-state index in [-0.39, 0.29) is 0 Å². The van der Waals surface area contributed by atoms with Crippen LogP contribution in [0.2, 0.25) is 0 Å². The molecule has 2 unspecified atom stereocenters. The van der Waals surface area contributed by atoms with Gasteiger partial charge in [0.1, 0.15) is 0 Å². The minimum Gasteiger partial charge on any atom is -0.376 e. The molecule has 2 nitrogen and oxygen atoms in total. The van der Waals surface area contributed by atoms with Gasteiger partial charge in [0, 0.05) is 6.61 Å². The first-order chi connectivity index (χ1) is 9.72. The van der Waals surface area contributed by atoms with Crippen LogP contribution in [-0.4, -0.2) is 19.3 Å². The van der Waals surface area contributed by atoms with Gasteiger partial charge in [-0.1, -0.05) is 45.0 Å². The summed E-state index contributed by atoms with van der Waals surface area (Å²) < 4.78 is 6.23. The Morgan fingerprint density at radius 2 is 2.10 bits per heavy atom. The zero-order chi connectivity index (χ0) is 14.4. The fourth-order valence-electron chi connectivity index (χ4n) is 3.02. The summed E-state index contributed by atoms with van der Waals surface area (Å²) in [5, 5.41) is 3.64. The molecule has 20 heavy (non-hydrogen) atoms. The van der Waals surface area contributed by atoms with E-state index in [1.807, 2.05) is 0 Å². The molecule has 0 spiro atoms. The number of likely N-dealkylation sites (N-methyl/N-ethyl adjacent to an activating group) is 1. The average Bonchev–Trinajstić information content (AvgIpc) is 2.60. The van der Waals surface area contributed by atoms with Crippen LogP contribution in [0.4, 0.5) is 0 Å². The number of nitrogens with one attached hydrogen (secondary N) is 1. The van der Waals surface area contributed by atoms with Crippen LogP contribution in [0, 0.1) is 5.92 Å². The highest BCUT2D eigenvalue weighted by Gasteiger charge is 2.27. The van der Waals surface area contributed by atoms with Gasteiger partial charge in [0.05, 0.1) is 12.1 Å². The molecule has 2 rings (SSSR count). The van der Waals surface area contributed by atoms with E-state index in [4.69, 9.17) is 4.74 Å². The van der Waals surface area contributed by atoms with Gasteiger partial charge in [-0.05, 0) is 49.3 Å². The second kappa shape index (κ2) is 7.80. The van der Waals surface area contributed by atoms with Crippen LogP contribution < -0.4 is 5.32 Å². The average molecular weight is 275 g/mol. The fraction of sp³-hybridized carbons (Fsp3) is 0.667. The maximum Gasteiger partial charge on any atom is 0.0769 e. The monoisotopic (exact) mass is 275 g/mol. The summed E-state index contributed by atoms with van der Waals surface area (Å²) in [6, 6.07) is 9.20. The summed E-state index contributed by atoms with van der Waals surface area (Å²) in [6.07, 6.45) is 5.03. The third kappa shape index (κ3) is 4.07. The largest absolute Gasteiger partial charge is 0.376 e. The summed E-state index contributed by atoms with van der Waals surface area (Å²) in [7, 11) is 0. The Hall–Kier alpha value is -0.860. The molecule has 112 valence electrons. The van der Waals surface area contributed by atoms with Crippen molar-refractivity contribution >= 4 is 0 Å². The molecule has 0 bridgehead atoms. The highest BCUT2D eigenvalue weighted by atomic mass is 16.5. The summed E-state index contributed by atoms with van der Waals surface area (Å²) in [6.45, 7) is 8.56. The lowest BCUT2D eigenvalue weighted by Gasteiger charge is -2.28. The molecule has 0 saturated carbocycles. The highest BCUT2D eigenvalue weighted by molar-refractivity contribution is 5.32. The van der Waals surface area contributed by atoms with E-state index in [2.05, 4.69) is 50.4 Å². The Balaban J connectivity index is 2.10. The lowest BCUT2D eigenvalue weighted by molar-refractivity contribution is 0.0159. The lowest BCUT2D eigenvalue weighted by Crippen LogP contribution is -2.34. The molecule has 2 heteroatoms. The van der Waals surface area contributed by atoms with Crippen LogP contribution in [0.3, 0.4) is 0 Å². The molecular weight excluding hydrogens is 246 g/mol. The maximum atomic E-state index is 6.23. The number of aryl methyl sites for hydroxylation is 1. The van der Waals surface area contributed by atoms with Gasteiger partial charge in [0.25, 0.3) is 0 Å². The van der Waals surface area contributed by atoms with E-state index >= 15 is 0 Å². The molecule has 1 aromatic carbocycles. The molecule has 0 heterocycles. The number of ether oxygens (including phenoxy) is 1. The molecule has 1 aliphatic rings. The van der Waals surface area contributed by atoms with Gasteiger partial charge in [-0.25, -0.2) is 0 Å². The van der Waals surface area contributed by atoms with Crippen LogP contribution >= 0.6 is 0 Å². The predicted molar refractivity (Wildman–Crippen MR) is 85.0 cm³/mol. The van der Waals surface area contributed by atoms with E-state index in [9.17, 15) is 0 Å². The second-order valence-corrected chi connectivity index (χ2v) is 6.22. The summed E-state index contributed by atoms with van der Waals surface area (Å²) >= 11 is 0.